The molecule has 4 saturated carbocycles. The van der Waals surface area contributed by atoms with Gasteiger partial charge in [0.25, 0.3) is 0 Å². The Morgan fingerprint density at radius 2 is 1.50 bits per heavy atom. The van der Waals surface area contributed by atoms with Crippen molar-refractivity contribution in [2.75, 3.05) is 26.7 Å². The summed E-state index contributed by atoms with van der Waals surface area (Å²) >= 11 is 0. The molecule has 2 bridgehead atoms. The van der Waals surface area contributed by atoms with Gasteiger partial charge in [-0.15, -0.1) is 0 Å². The van der Waals surface area contributed by atoms with E-state index in [1.54, 1.807) is 14.0 Å². The number of ether oxygens (including phenoxy) is 1. The summed E-state index contributed by atoms with van der Waals surface area (Å²) in [7, 11) is 1.64. The van der Waals surface area contributed by atoms with Crippen LogP contribution in [0, 0.1) is 23.2 Å². The Morgan fingerprint density at radius 1 is 0.875 bits per heavy atom. The molecule has 7 atom stereocenters. The minimum atomic E-state index is -1.23. The highest BCUT2D eigenvalue weighted by Gasteiger charge is 2.69. The smallest absolute Gasteiger partial charge is 0.244 e. The van der Waals surface area contributed by atoms with Crippen LogP contribution in [0.2, 0.25) is 0 Å². The number of hydrogen-bond acceptors (Lipinski definition) is 9. The van der Waals surface area contributed by atoms with Crippen LogP contribution in [-0.4, -0.2) is 109 Å². The molecule has 1 aliphatic heterocycles. The fourth-order valence-corrected chi connectivity index (χ4v) is 9.18. The second-order valence-corrected chi connectivity index (χ2v) is 18.0. The first kappa shape index (κ1) is 45.4. The molecular weight excluding hydrogens is 716 g/mol. The van der Waals surface area contributed by atoms with E-state index in [1.807, 2.05) is 20.8 Å². The van der Waals surface area contributed by atoms with E-state index in [-0.39, 0.29) is 48.9 Å². The summed E-state index contributed by atoms with van der Waals surface area (Å²) in [5.74, 6) is -3.42. The standard InChI is InChI=1S/C41H72N8O7/c1-7-8-9-14-17-32-27(5)38(54)49(6)31(18-25(2)3)36(52)48-33(28-15-12-10-11-13-16-28)37(53)46-29(19-42)34(50)47-30(35(51)45-26(4)21-56-32)20-44-39(55)40-22-41(43,23-40)24-40/h25-33H,7-24,42-43H2,1-6H3,(H,44,55)(H,45,51)(H,46,53)(H,47,50)(H,48,52)/t26-,27-,29+,30+,31+,32-,33+,40?,41?/m1/s1. The number of nitrogens with one attached hydrogen (secondary N) is 5. The first-order valence-electron chi connectivity index (χ1n) is 21.4. The molecule has 318 valence electrons. The van der Waals surface area contributed by atoms with Gasteiger partial charge in [-0.25, -0.2) is 0 Å². The van der Waals surface area contributed by atoms with Gasteiger partial charge in [-0.05, 0) is 63.7 Å². The van der Waals surface area contributed by atoms with Crippen molar-refractivity contribution in [3.8, 4) is 0 Å². The van der Waals surface area contributed by atoms with Crippen LogP contribution in [0.25, 0.3) is 0 Å². The van der Waals surface area contributed by atoms with Crippen LogP contribution >= 0.6 is 0 Å². The first-order valence-corrected chi connectivity index (χ1v) is 21.4. The lowest BCUT2D eigenvalue weighted by Gasteiger charge is -2.67. The third-order valence-electron chi connectivity index (χ3n) is 12.5. The van der Waals surface area contributed by atoms with E-state index in [2.05, 4.69) is 33.5 Å². The van der Waals surface area contributed by atoms with Gasteiger partial charge in [0, 0.05) is 31.7 Å². The van der Waals surface area contributed by atoms with Gasteiger partial charge in [0.1, 0.15) is 24.2 Å². The fourth-order valence-electron chi connectivity index (χ4n) is 9.18. The lowest BCUT2D eigenvalue weighted by Crippen LogP contribution is -2.76. The number of carbonyl (C=O) groups excluding carboxylic acids is 6. The van der Waals surface area contributed by atoms with Crippen LogP contribution in [-0.2, 0) is 33.5 Å². The van der Waals surface area contributed by atoms with E-state index >= 15 is 0 Å². The molecule has 56 heavy (non-hydrogen) atoms. The molecule has 15 nitrogen and oxygen atoms in total. The molecule has 0 aromatic heterocycles. The molecule has 1 heterocycles. The SMILES string of the molecule is CCCCCC[C@H]1OC[C@@H](C)NC(=O)[C@H](CNC(=O)C23CC(N)(C2)C3)NC(=O)[C@H](CN)NC(=O)[C@H](C2CCCCCC2)NC(=O)[C@H](CC(C)C)N(C)C(=O)[C@@H]1C. The van der Waals surface area contributed by atoms with Crippen molar-refractivity contribution in [2.24, 2.45) is 34.6 Å². The van der Waals surface area contributed by atoms with Crippen LogP contribution in [0.1, 0.15) is 131 Å². The molecular formula is C41H72N8O7. The predicted octanol–water partition coefficient (Wildman–Crippen LogP) is 1.75. The molecule has 0 aromatic carbocycles. The van der Waals surface area contributed by atoms with Gasteiger partial charge in [0.05, 0.1) is 24.0 Å². The molecule has 0 radical (unpaired) electrons. The first-order chi connectivity index (χ1) is 26.5. The van der Waals surface area contributed by atoms with Gasteiger partial charge < -0.3 is 47.7 Å². The Kier molecular flexibility index (Phi) is 16.5. The molecule has 0 unspecified atom stereocenters. The minimum absolute atomic E-state index is 0.0629. The predicted molar refractivity (Wildman–Crippen MR) is 214 cm³/mol. The van der Waals surface area contributed by atoms with Crippen molar-refractivity contribution in [3.05, 3.63) is 0 Å². The second kappa shape index (κ2) is 20.4. The maximum atomic E-state index is 14.3. The highest BCUT2D eigenvalue weighted by Crippen LogP contribution is 2.65. The molecule has 1 saturated heterocycles. The summed E-state index contributed by atoms with van der Waals surface area (Å²) < 4.78 is 6.41. The number of amides is 6. The molecule has 0 aromatic rings. The summed E-state index contributed by atoms with van der Waals surface area (Å²) in [4.78, 5) is 85.2. The summed E-state index contributed by atoms with van der Waals surface area (Å²) in [6.45, 7) is 9.32. The Bertz CT molecular complexity index is 1370. The molecule has 4 aliphatic carbocycles. The third kappa shape index (κ3) is 11.6. The average Bonchev–Trinajstić information content (AvgIpc) is 3.42. The summed E-state index contributed by atoms with van der Waals surface area (Å²) in [6.07, 6.45) is 11.4. The van der Waals surface area contributed by atoms with Gasteiger partial charge in [-0.3, -0.25) is 28.8 Å². The number of nitrogens with zero attached hydrogens (tertiary/aromatic N) is 1. The van der Waals surface area contributed by atoms with Crippen LogP contribution in [0.4, 0.5) is 0 Å². The van der Waals surface area contributed by atoms with E-state index in [0.29, 0.717) is 44.9 Å². The van der Waals surface area contributed by atoms with Crippen molar-refractivity contribution in [1.82, 2.24) is 31.5 Å². The van der Waals surface area contributed by atoms with Crippen LogP contribution < -0.4 is 38.1 Å². The highest BCUT2D eigenvalue weighted by atomic mass is 16.5. The van der Waals surface area contributed by atoms with E-state index in [9.17, 15) is 28.8 Å². The topological polar surface area (TPSA) is 227 Å². The number of nitrogens with two attached hydrogens (primary N) is 2. The number of hydrogen-bond donors (Lipinski definition) is 7. The van der Waals surface area contributed by atoms with Gasteiger partial charge in [-0.1, -0.05) is 79.1 Å². The van der Waals surface area contributed by atoms with E-state index < -0.39 is 71.3 Å². The molecule has 5 aliphatic rings. The molecule has 6 amide bonds. The van der Waals surface area contributed by atoms with E-state index in [4.69, 9.17) is 16.2 Å². The van der Waals surface area contributed by atoms with E-state index in [0.717, 1.165) is 51.4 Å². The monoisotopic (exact) mass is 789 g/mol. The second-order valence-electron chi connectivity index (χ2n) is 18.0. The van der Waals surface area contributed by atoms with Gasteiger partial charge in [0.2, 0.25) is 35.4 Å². The fraction of sp³-hybridized carbons (Fsp3) is 0.854. The third-order valence-corrected chi connectivity index (χ3v) is 12.5. The van der Waals surface area contributed by atoms with Crippen molar-refractivity contribution in [1.29, 1.82) is 0 Å². The Hall–Kier alpha value is -3.30. The Morgan fingerprint density at radius 3 is 2.09 bits per heavy atom. The normalized spacial score (nSPS) is 34.3. The van der Waals surface area contributed by atoms with Crippen molar-refractivity contribution < 1.29 is 33.5 Å². The Balaban J connectivity index is 1.66. The summed E-state index contributed by atoms with van der Waals surface area (Å²) in [5, 5.41) is 14.3. The number of carbonyl (C=O) groups is 6. The van der Waals surface area contributed by atoms with Crippen LogP contribution in [0.15, 0.2) is 0 Å². The number of likely N-dealkylation sites (N-methyl/N-ethyl adjacent to an activating group) is 1. The molecule has 9 N–H and O–H groups in total. The van der Waals surface area contributed by atoms with E-state index in [1.165, 1.54) is 4.90 Å². The number of rotatable bonds is 12. The largest absolute Gasteiger partial charge is 0.375 e. The van der Waals surface area contributed by atoms with Gasteiger partial charge >= 0.3 is 0 Å². The van der Waals surface area contributed by atoms with Crippen LogP contribution in [0.5, 0.6) is 0 Å². The molecule has 5 rings (SSSR count). The molecule has 0 spiro atoms. The zero-order valence-electron chi connectivity index (χ0n) is 34.9. The van der Waals surface area contributed by atoms with Gasteiger partial charge in [0.15, 0.2) is 0 Å². The van der Waals surface area contributed by atoms with Crippen molar-refractivity contribution in [3.63, 3.8) is 0 Å². The lowest BCUT2D eigenvalue weighted by molar-refractivity contribution is -0.172. The summed E-state index contributed by atoms with van der Waals surface area (Å²) in [6, 6.07) is -4.79. The maximum Gasteiger partial charge on any atom is 0.244 e. The zero-order valence-corrected chi connectivity index (χ0v) is 34.9. The average molecular weight is 789 g/mol. The van der Waals surface area contributed by atoms with Crippen LogP contribution in [0.3, 0.4) is 0 Å². The van der Waals surface area contributed by atoms with Crippen molar-refractivity contribution in [2.45, 2.75) is 173 Å². The molecule has 5 fully saturated rings. The molecule has 15 heteroatoms. The zero-order chi connectivity index (χ0) is 41.2. The minimum Gasteiger partial charge on any atom is -0.375 e. The quantitative estimate of drug-likeness (QED) is 0.113. The highest BCUT2D eigenvalue weighted by molar-refractivity contribution is 5.96. The van der Waals surface area contributed by atoms with Crippen molar-refractivity contribution >= 4 is 35.4 Å². The Labute approximate surface area is 334 Å². The lowest BCUT2D eigenvalue weighted by atomic mass is 9.39. The van der Waals surface area contributed by atoms with Gasteiger partial charge in [-0.2, -0.15) is 0 Å². The number of unbranched alkanes of at least 4 members (excludes halogenated alkanes) is 3. The summed E-state index contributed by atoms with van der Waals surface area (Å²) in [5.41, 5.74) is 11.4. The maximum absolute atomic E-state index is 14.3.